The van der Waals surface area contributed by atoms with E-state index in [1.807, 2.05) is 60.7 Å². The van der Waals surface area contributed by atoms with Gasteiger partial charge in [0, 0.05) is 30.1 Å². The number of aromatic nitrogens is 3. The average Bonchev–Trinajstić information content (AvgIpc) is 2.81. The van der Waals surface area contributed by atoms with Crippen molar-refractivity contribution < 1.29 is 4.92 Å². The van der Waals surface area contributed by atoms with E-state index in [2.05, 4.69) is 30.9 Å². The van der Waals surface area contributed by atoms with Crippen molar-refractivity contribution in [3.63, 3.8) is 0 Å². The van der Waals surface area contributed by atoms with Gasteiger partial charge in [0.2, 0.25) is 17.8 Å². The maximum atomic E-state index is 10.8. The third-order valence-corrected chi connectivity index (χ3v) is 4.54. The Morgan fingerprint density at radius 1 is 0.688 bits per heavy atom. The lowest BCUT2D eigenvalue weighted by Gasteiger charge is -2.11. The topological polar surface area (TPSA) is 118 Å². The number of para-hydroxylation sites is 2. The molecule has 0 aliphatic carbocycles. The van der Waals surface area contributed by atoms with Gasteiger partial charge < -0.3 is 16.0 Å². The quantitative estimate of drug-likeness (QED) is 0.254. The molecule has 0 aliphatic heterocycles. The van der Waals surface area contributed by atoms with Gasteiger partial charge in [-0.1, -0.05) is 48.5 Å². The van der Waals surface area contributed by atoms with Crippen molar-refractivity contribution in [1.29, 1.82) is 0 Å². The maximum Gasteiger partial charge on any atom is 0.269 e. The average molecular weight is 427 g/mol. The minimum Gasteiger partial charge on any atom is -0.354 e. The molecule has 32 heavy (non-hydrogen) atoms. The molecule has 0 aliphatic rings. The molecule has 3 aromatic carbocycles. The molecule has 1 heterocycles. The summed E-state index contributed by atoms with van der Waals surface area (Å²) in [5.74, 6) is 1.23. The van der Waals surface area contributed by atoms with Crippen LogP contribution < -0.4 is 16.0 Å². The van der Waals surface area contributed by atoms with Crippen LogP contribution in [-0.4, -0.2) is 26.4 Å². The highest BCUT2D eigenvalue weighted by Crippen LogP contribution is 2.18. The van der Waals surface area contributed by atoms with Crippen LogP contribution in [0.15, 0.2) is 84.9 Å². The lowest BCUT2D eigenvalue weighted by molar-refractivity contribution is -0.384. The molecule has 0 spiro atoms. The summed E-state index contributed by atoms with van der Waals surface area (Å²) in [5.41, 5.74) is 2.78. The first-order valence-electron chi connectivity index (χ1n) is 10.0. The number of non-ortho nitro benzene ring substituents is 1. The number of nitro benzene ring substituents is 1. The Bertz CT molecular complexity index is 1110. The fraction of sp³-hybridized carbons (Fsp3) is 0.0870. The molecular weight excluding hydrogens is 406 g/mol. The zero-order valence-corrected chi connectivity index (χ0v) is 17.1. The Balaban J connectivity index is 1.48. The molecule has 0 atom stereocenters. The van der Waals surface area contributed by atoms with E-state index < -0.39 is 4.92 Å². The van der Waals surface area contributed by atoms with E-state index in [9.17, 15) is 10.1 Å². The zero-order chi connectivity index (χ0) is 22.2. The van der Waals surface area contributed by atoms with Crippen LogP contribution in [0.25, 0.3) is 0 Å². The minimum absolute atomic E-state index is 0.0763. The Hall–Kier alpha value is -4.53. The van der Waals surface area contributed by atoms with Crippen LogP contribution >= 0.6 is 0 Å². The van der Waals surface area contributed by atoms with Crippen molar-refractivity contribution >= 4 is 34.9 Å². The van der Waals surface area contributed by atoms with Gasteiger partial charge >= 0.3 is 0 Å². The molecule has 0 amide bonds. The van der Waals surface area contributed by atoms with Crippen LogP contribution in [0.4, 0.5) is 34.9 Å². The van der Waals surface area contributed by atoms with Crippen LogP contribution in [-0.2, 0) is 6.42 Å². The van der Waals surface area contributed by atoms with Crippen molar-refractivity contribution in [2.75, 3.05) is 22.5 Å². The summed E-state index contributed by atoms with van der Waals surface area (Å²) in [7, 11) is 0. The summed E-state index contributed by atoms with van der Waals surface area (Å²) in [6.07, 6.45) is 0.659. The third-order valence-electron chi connectivity index (χ3n) is 4.54. The second kappa shape index (κ2) is 9.98. The van der Waals surface area contributed by atoms with E-state index in [1.165, 1.54) is 12.1 Å². The van der Waals surface area contributed by atoms with Gasteiger partial charge in [-0.3, -0.25) is 10.1 Å². The Morgan fingerprint density at radius 2 is 1.19 bits per heavy atom. The van der Waals surface area contributed by atoms with Crippen molar-refractivity contribution in [3.8, 4) is 0 Å². The number of nitro groups is 1. The Morgan fingerprint density at radius 3 is 1.69 bits per heavy atom. The molecule has 0 saturated heterocycles. The van der Waals surface area contributed by atoms with E-state index in [1.54, 1.807) is 12.1 Å². The molecule has 0 fully saturated rings. The number of rotatable bonds is 9. The highest BCUT2D eigenvalue weighted by atomic mass is 16.6. The lowest BCUT2D eigenvalue weighted by atomic mass is 10.1. The lowest BCUT2D eigenvalue weighted by Crippen LogP contribution is -2.12. The molecular formula is C23H21N7O2. The normalized spacial score (nSPS) is 10.4. The highest BCUT2D eigenvalue weighted by molar-refractivity contribution is 5.59. The molecule has 0 saturated carbocycles. The van der Waals surface area contributed by atoms with Gasteiger partial charge in [-0.15, -0.1) is 0 Å². The number of benzene rings is 3. The molecule has 1 aromatic heterocycles. The molecule has 4 rings (SSSR count). The van der Waals surface area contributed by atoms with Crippen LogP contribution in [0, 0.1) is 10.1 Å². The molecule has 9 nitrogen and oxygen atoms in total. The standard InChI is InChI=1S/C23H21N7O2/c31-30(32)20-13-11-17(12-14-20)15-16-24-21-27-22(25-18-7-3-1-4-8-18)29-23(28-21)26-19-9-5-2-6-10-19/h1-14H,15-16H2,(H3,24,25,26,27,28,29). The molecule has 3 N–H and O–H groups in total. The van der Waals surface area contributed by atoms with Gasteiger partial charge in [-0.2, -0.15) is 15.0 Å². The van der Waals surface area contributed by atoms with Crippen molar-refractivity contribution in [3.05, 3.63) is 101 Å². The first kappa shape index (κ1) is 20.7. The van der Waals surface area contributed by atoms with Crippen molar-refractivity contribution in [2.45, 2.75) is 6.42 Å². The third kappa shape index (κ3) is 5.76. The van der Waals surface area contributed by atoms with E-state index in [0.717, 1.165) is 16.9 Å². The number of anilines is 5. The fourth-order valence-corrected chi connectivity index (χ4v) is 2.97. The number of hydrogen-bond donors (Lipinski definition) is 3. The monoisotopic (exact) mass is 427 g/mol. The first-order valence-corrected chi connectivity index (χ1v) is 10.0. The van der Waals surface area contributed by atoms with Gasteiger partial charge in [0.25, 0.3) is 5.69 Å². The van der Waals surface area contributed by atoms with Crippen LogP contribution in [0.5, 0.6) is 0 Å². The zero-order valence-electron chi connectivity index (χ0n) is 17.1. The smallest absolute Gasteiger partial charge is 0.269 e. The molecule has 0 unspecified atom stereocenters. The summed E-state index contributed by atoms with van der Waals surface area (Å²) in [6, 6.07) is 25.8. The van der Waals surface area contributed by atoms with E-state index in [4.69, 9.17) is 0 Å². The Kier molecular flexibility index (Phi) is 6.47. The van der Waals surface area contributed by atoms with Gasteiger partial charge in [-0.05, 0) is 36.2 Å². The number of nitrogens with zero attached hydrogens (tertiary/aromatic N) is 4. The van der Waals surface area contributed by atoms with Crippen molar-refractivity contribution in [2.24, 2.45) is 0 Å². The van der Waals surface area contributed by atoms with E-state index >= 15 is 0 Å². The second-order valence-electron chi connectivity index (χ2n) is 6.89. The summed E-state index contributed by atoms with van der Waals surface area (Å²) < 4.78 is 0. The maximum absolute atomic E-state index is 10.8. The van der Waals surface area contributed by atoms with Gasteiger partial charge in [0.15, 0.2) is 0 Å². The number of hydrogen-bond acceptors (Lipinski definition) is 8. The molecule has 160 valence electrons. The molecule has 9 heteroatoms. The highest BCUT2D eigenvalue weighted by Gasteiger charge is 2.08. The summed E-state index contributed by atoms with van der Waals surface area (Å²) in [4.78, 5) is 23.8. The predicted molar refractivity (Wildman–Crippen MR) is 125 cm³/mol. The minimum atomic E-state index is -0.407. The van der Waals surface area contributed by atoms with Crippen LogP contribution in [0.3, 0.4) is 0 Å². The van der Waals surface area contributed by atoms with Gasteiger partial charge in [0.05, 0.1) is 4.92 Å². The van der Waals surface area contributed by atoms with E-state index in [-0.39, 0.29) is 5.69 Å². The number of nitrogens with one attached hydrogen (secondary N) is 3. The summed E-state index contributed by atoms with van der Waals surface area (Å²) in [5, 5.41) is 20.4. The summed E-state index contributed by atoms with van der Waals surface area (Å²) in [6.45, 7) is 0.553. The largest absolute Gasteiger partial charge is 0.354 e. The van der Waals surface area contributed by atoms with Crippen molar-refractivity contribution in [1.82, 2.24) is 15.0 Å². The first-order chi connectivity index (χ1) is 15.7. The predicted octanol–water partition coefficient (Wildman–Crippen LogP) is 4.92. The second-order valence-corrected chi connectivity index (χ2v) is 6.89. The molecule has 0 radical (unpaired) electrons. The summed E-state index contributed by atoms with van der Waals surface area (Å²) >= 11 is 0. The van der Waals surface area contributed by atoms with Gasteiger partial charge in [0.1, 0.15) is 0 Å². The van der Waals surface area contributed by atoms with Gasteiger partial charge in [-0.25, -0.2) is 0 Å². The van der Waals surface area contributed by atoms with Crippen LogP contribution in [0.1, 0.15) is 5.56 Å². The fourth-order valence-electron chi connectivity index (χ4n) is 2.97. The SMILES string of the molecule is O=[N+]([O-])c1ccc(CCNc2nc(Nc3ccccc3)nc(Nc3ccccc3)n2)cc1. The van der Waals surface area contributed by atoms with Crippen LogP contribution in [0.2, 0.25) is 0 Å². The molecule has 4 aromatic rings. The van der Waals surface area contributed by atoms with E-state index in [0.29, 0.717) is 30.8 Å². The molecule has 0 bridgehead atoms. The Labute approximate surface area is 184 Å².